The summed E-state index contributed by atoms with van der Waals surface area (Å²) in [6, 6.07) is 9.40. The van der Waals surface area contributed by atoms with Crippen LogP contribution in [0.2, 0.25) is 0 Å². The van der Waals surface area contributed by atoms with Gasteiger partial charge in [0.25, 0.3) is 0 Å². The maximum atomic E-state index is 11.8. The van der Waals surface area contributed by atoms with Crippen LogP contribution in [0.4, 0.5) is 0 Å². The Hall–Kier alpha value is -1.88. The minimum Gasteiger partial charge on any atom is -0.481 e. The van der Waals surface area contributed by atoms with E-state index in [1.807, 2.05) is 19.1 Å². The Labute approximate surface area is 137 Å². The van der Waals surface area contributed by atoms with Crippen molar-refractivity contribution in [3.8, 4) is 5.88 Å². The molecule has 1 aliphatic carbocycles. The molecule has 0 radical (unpaired) electrons. The number of pyridine rings is 1. The Morgan fingerprint density at radius 3 is 2.74 bits per heavy atom. The van der Waals surface area contributed by atoms with Crippen LogP contribution >= 0.6 is 0 Å². The van der Waals surface area contributed by atoms with Crippen molar-refractivity contribution in [2.75, 3.05) is 13.4 Å². The van der Waals surface area contributed by atoms with Gasteiger partial charge in [-0.3, -0.25) is 0 Å². The van der Waals surface area contributed by atoms with Crippen LogP contribution in [-0.4, -0.2) is 26.8 Å². The standard InChI is InChI=1S/C18H21NO3S/c1-12-10-17-15(8-5-9-16(17)18(19-12)22-2)13-6-4-7-14(11-13)23(3,20)21/h4,6-7,10-11,15H,5,8-9H2,1-3H3. The van der Waals surface area contributed by atoms with Gasteiger partial charge in [-0.05, 0) is 55.5 Å². The second kappa shape index (κ2) is 5.96. The second-order valence-corrected chi connectivity index (χ2v) is 8.15. The lowest BCUT2D eigenvalue weighted by atomic mass is 9.79. The number of rotatable bonds is 3. The van der Waals surface area contributed by atoms with E-state index < -0.39 is 9.84 Å². The number of benzene rings is 1. The molecular weight excluding hydrogens is 310 g/mol. The zero-order valence-corrected chi connectivity index (χ0v) is 14.5. The highest BCUT2D eigenvalue weighted by molar-refractivity contribution is 7.90. The van der Waals surface area contributed by atoms with Crippen LogP contribution in [0.3, 0.4) is 0 Å². The smallest absolute Gasteiger partial charge is 0.216 e. The van der Waals surface area contributed by atoms with Gasteiger partial charge in [0.1, 0.15) is 0 Å². The van der Waals surface area contributed by atoms with E-state index in [1.165, 1.54) is 11.8 Å². The van der Waals surface area contributed by atoms with Crippen LogP contribution in [0, 0.1) is 6.92 Å². The van der Waals surface area contributed by atoms with Crippen LogP contribution in [-0.2, 0) is 16.3 Å². The first kappa shape index (κ1) is 16.0. The Morgan fingerprint density at radius 1 is 1.26 bits per heavy atom. The third-order valence-electron chi connectivity index (χ3n) is 4.43. The lowest BCUT2D eigenvalue weighted by molar-refractivity contribution is 0.386. The quantitative estimate of drug-likeness (QED) is 0.866. The van der Waals surface area contributed by atoms with E-state index in [1.54, 1.807) is 19.2 Å². The molecule has 0 spiro atoms. The van der Waals surface area contributed by atoms with Gasteiger partial charge in [-0.1, -0.05) is 12.1 Å². The van der Waals surface area contributed by atoms with Gasteiger partial charge in [0.2, 0.25) is 5.88 Å². The Kier molecular flexibility index (Phi) is 4.15. The monoisotopic (exact) mass is 331 g/mol. The summed E-state index contributed by atoms with van der Waals surface area (Å²) in [6.07, 6.45) is 4.25. The molecule has 1 unspecified atom stereocenters. The highest BCUT2D eigenvalue weighted by atomic mass is 32.2. The molecule has 0 saturated heterocycles. The van der Waals surface area contributed by atoms with Gasteiger partial charge in [-0.2, -0.15) is 0 Å². The zero-order valence-electron chi connectivity index (χ0n) is 13.7. The highest BCUT2D eigenvalue weighted by Gasteiger charge is 2.26. The average molecular weight is 331 g/mol. The number of ether oxygens (including phenoxy) is 1. The molecule has 0 saturated carbocycles. The molecule has 0 bridgehead atoms. The number of hydrogen-bond donors (Lipinski definition) is 0. The SMILES string of the molecule is COc1nc(C)cc2c1CCCC2c1cccc(S(C)(=O)=O)c1. The van der Waals surface area contributed by atoms with Crippen molar-refractivity contribution in [2.45, 2.75) is 37.0 Å². The van der Waals surface area contributed by atoms with Crippen LogP contribution in [0.25, 0.3) is 0 Å². The van der Waals surface area contributed by atoms with E-state index in [2.05, 4.69) is 11.1 Å². The summed E-state index contributed by atoms with van der Waals surface area (Å²) in [4.78, 5) is 4.85. The Bertz CT molecular complexity index is 843. The number of methoxy groups -OCH3 is 1. The van der Waals surface area contributed by atoms with Crippen LogP contribution in [0.15, 0.2) is 35.2 Å². The maximum absolute atomic E-state index is 11.8. The summed E-state index contributed by atoms with van der Waals surface area (Å²) in [7, 11) is -1.55. The number of aromatic nitrogens is 1. The van der Waals surface area contributed by atoms with Crippen molar-refractivity contribution in [1.29, 1.82) is 0 Å². The van der Waals surface area contributed by atoms with Crippen molar-refractivity contribution >= 4 is 9.84 Å². The summed E-state index contributed by atoms with van der Waals surface area (Å²) in [5, 5.41) is 0. The Morgan fingerprint density at radius 2 is 2.04 bits per heavy atom. The first-order valence-electron chi connectivity index (χ1n) is 7.74. The van der Waals surface area contributed by atoms with E-state index in [9.17, 15) is 8.42 Å². The summed E-state index contributed by atoms with van der Waals surface area (Å²) in [6.45, 7) is 1.96. The van der Waals surface area contributed by atoms with Gasteiger partial charge < -0.3 is 4.74 Å². The summed E-state index contributed by atoms with van der Waals surface area (Å²) in [5.74, 6) is 0.889. The van der Waals surface area contributed by atoms with Gasteiger partial charge in [-0.15, -0.1) is 0 Å². The third-order valence-corrected chi connectivity index (χ3v) is 5.54. The van der Waals surface area contributed by atoms with Crippen LogP contribution in [0.1, 0.15) is 41.1 Å². The largest absolute Gasteiger partial charge is 0.481 e. The van der Waals surface area contributed by atoms with Gasteiger partial charge >= 0.3 is 0 Å². The van der Waals surface area contributed by atoms with Gasteiger partial charge in [0, 0.05) is 23.4 Å². The zero-order chi connectivity index (χ0) is 16.6. The fourth-order valence-corrected chi connectivity index (χ4v) is 4.05. The van der Waals surface area contributed by atoms with Crippen molar-refractivity contribution in [1.82, 2.24) is 4.98 Å². The fraction of sp³-hybridized carbons (Fsp3) is 0.389. The third kappa shape index (κ3) is 3.11. The molecule has 0 aliphatic heterocycles. The van der Waals surface area contributed by atoms with E-state index in [0.717, 1.165) is 36.1 Å². The molecule has 122 valence electrons. The minimum atomic E-state index is -3.20. The van der Waals surface area contributed by atoms with E-state index >= 15 is 0 Å². The van der Waals surface area contributed by atoms with Crippen molar-refractivity contribution < 1.29 is 13.2 Å². The molecule has 3 rings (SSSR count). The predicted molar refractivity (Wildman–Crippen MR) is 89.9 cm³/mol. The average Bonchev–Trinajstić information content (AvgIpc) is 2.52. The molecular formula is C18H21NO3S. The molecule has 1 atom stereocenters. The number of aryl methyl sites for hydroxylation is 1. The molecule has 1 aromatic heterocycles. The first-order valence-corrected chi connectivity index (χ1v) is 9.63. The molecule has 1 aliphatic rings. The van der Waals surface area contributed by atoms with Gasteiger partial charge in [0.05, 0.1) is 12.0 Å². The van der Waals surface area contributed by atoms with Crippen molar-refractivity contribution in [3.63, 3.8) is 0 Å². The number of sulfone groups is 1. The topological polar surface area (TPSA) is 56.3 Å². The van der Waals surface area contributed by atoms with Crippen molar-refractivity contribution in [2.24, 2.45) is 0 Å². The number of nitrogens with zero attached hydrogens (tertiary/aromatic N) is 1. The van der Waals surface area contributed by atoms with Crippen LogP contribution < -0.4 is 4.74 Å². The van der Waals surface area contributed by atoms with Crippen molar-refractivity contribution in [3.05, 3.63) is 52.7 Å². The molecule has 2 aromatic rings. The minimum absolute atomic E-state index is 0.191. The summed E-state index contributed by atoms with van der Waals surface area (Å²) >= 11 is 0. The van der Waals surface area contributed by atoms with Gasteiger partial charge in [0.15, 0.2) is 9.84 Å². The first-order chi connectivity index (χ1) is 10.9. The van der Waals surface area contributed by atoms with E-state index in [0.29, 0.717) is 10.8 Å². The highest BCUT2D eigenvalue weighted by Crippen LogP contribution is 2.40. The number of fused-ring (bicyclic) bond motifs is 1. The lowest BCUT2D eigenvalue weighted by Crippen LogP contribution is -2.14. The Balaban J connectivity index is 2.13. The number of hydrogen-bond acceptors (Lipinski definition) is 4. The summed E-state index contributed by atoms with van der Waals surface area (Å²) < 4.78 is 29.1. The molecule has 23 heavy (non-hydrogen) atoms. The fourth-order valence-electron chi connectivity index (χ4n) is 3.37. The molecule has 0 fully saturated rings. The van der Waals surface area contributed by atoms with Crippen LogP contribution in [0.5, 0.6) is 5.88 Å². The molecule has 1 heterocycles. The maximum Gasteiger partial charge on any atom is 0.216 e. The molecule has 0 amide bonds. The predicted octanol–water partition coefficient (Wildman–Crippen LogP) is 3.27. The van der Waals surface area contributed by atoms with Gasteiger partial charge in [-0.25, -0.2) is 13.4 Å². The lowest BCUT2D eigenvalue weighted by Gasteiger charge is -2.27. The van der Waals surface area contributed by atoms with E-state index in [4.69, 9.17) is 4.74 Å². The molecule has 0 N–H and O–H groups in total. The summed E-state index contributed by atoms with van der Waals surface area (Å²) in [5.41, 5.74) is 4.33. The normalized spacial score (nSPS) is 17.6. The molecule has 5 heteroatoms. The molecule has 4 nitrogen and oxygen atoms in total. The molecule has 1 aromatic carbocycles. The van der Waals surface area contributed by atoms with E-state index in [-0.39, 0.29) is 5.92 Å². The second-order valence-electron chi connectivity index (χ2n) is 6.13.